The lowest BCUT2D eigenvalue weighted by atomic mass is 9.44. The number of halogens is 4. The van der Waals surface area contributed by atoms with Gasteiger partial charge in [0.25, 0.3) is 0 Å². The molecule has 3 fully saturated rings. The van der Waals surface area contributed by atoms with Crippen LogP contribution in [0.15, 0.2) is 23.8 Å². The van der Waals surface area contributed by atoms with Crippen LogP contribution in [0.4, 0.5) is 4.39 Å². The van der Waals surface area contributed by atoms with Crippen molar-refractivity contribution in [2.45, 2.75) is 81.2 Å². The average Bonchev–Trinajstić information content (AvgIpc) is 3.00. The fraction of sp³-hybridized carbons (Fsp3) is 0.692. The molecule has 0 unspecified atom stereocenters. The molecule has 0 radical (unpaired) electrons. The van der Waals surface area contributed by atoms with Gasteiger partial charge in [0.15, 0.2) is 28.0 Å². The van der Waals surface area contributed by atoms with E-state index < -0.39 is 74.8 Å². The van der Waals surface area contributed by atoms with Gasteiger partial charge in [0.2, 0.25) is 5.78 Å². The van der Waals surface area contributed by atoms with Gasteiger partial charge in [0, 0.05) is 30.6 Å². The second kappa shape index (κ2) is 10.8. The van der Waals surface area contributed by atoms with E-state index in [1.54, 1.807) is 13.8 Å². The monoisotopic (exact) mass is 596 g/mol. The van der Waals surface area contributed by atoms with E-state index in [2.05, 4.69) is 0 Å². The van der Waals surface area contributed by atoms with Crippen molar-refractivity contribution in [3.63, 3.8) is 0 Å². The Morgan fingerprint density at radius 2 is 1.76 bits per heavy atom. The Bertz CT molecular complexity index is 1080. The minimum Gasteiger partial charge on any atom is -0.459 e. The number of hydrogen-bond donors (Lipinski definition) is 2. The van der Waals surface area contributed by atoms with Crippen LogP contribution >= 0.6 is 34.8 Å². The van der Waals surface area contributed by atoms with Crippen molar-refractivity contribution in [1.82, 2.24) is 0 Å². The van der Waals surface area contributed by atoms with E-state index in [-0.39, 0.29) is 25.0 Å². The van der Waals surface area contributed by atoms with Gasteiger partial charge in [-0.15, -0.1) is 0 Å². The second-order valence-corrected chi connectivity index (χ2v) is 12.8. The predicted molar refractivity (Wildman–Crippen MR) is 137 cm³/mol. The molecule has 8 nitrogen and oxygen atoms in total. The maximum atomic E-state index is 17.2. The van der Waals surface area contributed by atoms with Crippen molar-refractivity contribution in [2.75, 3.05) is 6.61 Å². The molecule has 4 aliphatic rings. The number of esters is 2. The van der Waals surface area contributed by atoms with Crippen LogP contribution in [0.2, 0.25) is 0 Å². The van der Waals surface area contributed by atoms with E-state index in [0.717, 1.165) is 13.8 Å². The molecule has 2 N–H and O–H groups in total. The Morgan fingerprint density at radius 3 is 2.32 bits per heavy atom. The van der Waals surface area contributed by atoms with E-state index in [4.69, 9.17) is 44.3 Å². The van der Waals surface area contributed by atoms with Crippen LogP contribution < -0.4 is 0 Å². The van der Waals surface area contributed by atoms with Crippen molar-refractivity contribution >= 4 is 58.3 Å². The summed E-state index contributed by atoms with van der Waals surface area (Å²) in [5.74, 6) is -3.93. The summed E-state index contributed by atoms with van der Waals surface area (Å²) in [4.78, 5) is 48.4. The van der Waals surface area contributed by atoms with Crippen LogP contribution in [-0.4, -0.2) is 68.1 Å². The van der Waals surface area contributed by atoms with Crippen molar-refractivity contribution in [2.24, 2.45) is 22.7 Å². The highest BCUT2D eigenvalue weighted by Crippen LogP contribution is 2.70. The Hall–Kier alpha value is -1.52. The van der Waals surface area contributed by atoms with Gasteiger partial charge < -0.3 is 19.7 Å². The lowest BCUT2D eigenvalue weighted by Crippen LogP contribution is -2.70. The molecule has 4 rings (SSSR count). The number of alkyl halides is 4. The number of aliphatic hydroxyl groups excluding tert-OH is 1. The topological polar surface area (TPSA) is 127 Å². The smallest absolute Gasteiger partial charge is 0.303 e. The Labute approximate surface area is 235 Å². The molecule has 0 aliphatic heterocycles. The minimum absolute atomic E-state index is 0.0131. The second-order valence-electron chi connectivity index (χ2n) is 10.8. The van der Waals surface area contributed by atoms with E-state index >= 15 is 4.39 Å². The summed E-state index contributed by atoms with van der Waals surface area (Å²) in [7, 11) is 0. The van der Waals surface area contributed by atoms with Crippen LogP contribution in [0.3, 0.4) is 0 Å². The molecule has 0 aromatic heterocycles. The van der Waals surface area contributed by atoms with Gasteiger partial charge in [0.05, 0.1) is 6.10 Å². The molecular formula is C26H32Cl3FO8. The quantitative estimate of drug-likeness (QED) is 0.371. The molecule has 8 atom stereocenters. The lowest BCUT2D eigenvalue weighted by molar-refractivity contribution is -0.224. The first-order valence-electron chi connectivity index (χ1n) is 12.2. The number of aliphatic hydroxyl groups is 2. The molecule has 0 aromatic carbocycles. The number of hydrogen-bond acceptors (Lipinski definition) is 8. The number of fused-ring (bicyclic) bond motifs is 5. The minimum atomic E-state index is -2.28. The van der Waals surface area contributed by atoms with Crippen LogP contribution in [0, 0.1) is 22.7 Å². The van der Waals surface area contributed by atoms with Crippen LogP contribution in [0.1, 0.15) is 53.4 Å². The van der Waals surface area contributed by atoms with Gasteiger partial charge in [-0.3, -0.25) is 19.2 Å². The number of Topliss-reactive ketones (excluding diaryl/α,β-unsaturated/α-hetero) is 1. The summed E-state index contributed by atoms with van der Waals surface area (Å²) >= 11 is 14.4. The molecule has 4 aliphatic carbocycles. The van der Waals surface area contributed by atoms with Crippen molar-refractivity contribution < 1.29 is 43.3 Å². The maximum absolute atomic E-state index is 17.2. The zero-order chi connectivity index (χ0) is 28.8. The summed E-state index contributed by atoms with van der Waals surface area (Å²) < 4.78 is 26.6. The number of ketones is 2. The third kappa shape index (κ3) is 4.83. The summed E-state index contributed by atoms with van der Waals surface area (Å²) in [6.45, 7) is 4.80. The van der Waals surface area contributed by atoms with E-state index in [1.165, 1.54) is 18.2 Å². The molecule has 212 valence electrons. The Balaban J connectivity index is 0.000000934. The Kier molecular flexibility index (Phi) is 8.82. The average molecular weight is 598 g/mol. The highest BCUT2D eigenvalue weighted by atomic mass is 35.6. The molecule has 0 aromatic rings. The van der Waals surface area contributed by atoms with Gasteiger partial charge in [-0.2, -0.15) is 0 Å². The van der Waals surface area contributed by atoms with Crippen LogP contribution in [0.5, 0.6) is 0 Å². The van der Waals surface area contributed by atoms with Gasteiger partial charge in [-0.25, -0.2) is 4.39 Å². The fourth-order valence-electron chi connectivity index (χ4n) is 7.31. The van der Waals surface area contributed by atoms with Gasteiger partial charge in [-0.1, -0.05) is 53.4 Å². The van der Waals surface area contributed by atoms with Gasteiger partial charge >= 0.3 is 11.9 Å². The molecule has 0 amide bonds. The third-order valence-corrected chi connectivity index (χ3v) is 8.98. The molecule has 0 saturated heterocycles. The largest absolute Gasteiger partial charge is 0.459 e. The van der Waals surface area contributed by atoms with Crippen molar-refractivity contribution in [1.29, 1.82) is 0 Å². The summed E-state index contributed by atoms with van der Waals surface area (Å²) in [6, 6.07) is 0. The molecule has 0 spiro atoms. The van der Waals surface area contributed by atoms with Crippen molar-refractivity contribution in [3.05, 3.63) is 23.8 Å². The molecule has 0 bridgehead atoms. The molecule has 0 heterocycles. The summed E-state index contributed by atoms with van der Waals surface area (Å²) in [5.41, 5.74) is -6.42. The zero-order valence-corrected chi connectivity index (χ0v) is 23.8. The van der Waals surface area contributed by atoms with E-state index in [1.807, 2.05) is 0 Å². The first kappa shape index (κ1) is 31.0. The number of rotatable bonds is 4. The van der Waals surface area contributed by atoms with E-state index in [9.17, 15) is 29.4 Å². The SMILES string of the molecule is CC(=O)OCC(=O)[C@@]1(O)[C@H](OC(C)=O)C[C@H]2[C@@H]3CCC4=CC(=O)C=C[C@]4(C)[C@@]3(F)[C@@H](O)C[C@@]21C.ClC(Cl)Cl. The number of carbonyl (C=O) groups is 4. The molecular weight excluding hydrogens is 566 g/mol. The highest BCUT2D eigenvalue weighted by molar-refractivity contribution is 6.63. The Morgan fingerprint density at radius 1 is 1.16 bits per heavy atom. The predicted octanol–water partition coefficient (Wildman–Crippen LogP) is 3.75. The summed E-state index contributed by atoms with van der Waals surface area (Å²) in [6.07, 6.45) is 1.82. The first-order valence-corrected chi connectivity index (χ1v) is 13.6. The number of allylic oxidation sites excluding steroid dienone is 4. The highest BCUT2D eigenvalue weighted by Gasteiger charge is 2.77. The lowest BCUT2D eigenvalue weighted by Gasteiger charge is -2.62. The first-order chi connectivity index (χ1) is 17.4. The standard InChI is InChI=1S/C25H31FO8.CHCl3/c1-13(27)33-12-20(31)25(32)21(34-14(2)28)10-18-17-6-5-15-9-16(29)7-8-22(15,3)24(17,26)19(30)11-23(18,25)4;2-1(3)4/h7-9,17-19,21,30,32H,5-6,10-12H2,1-4H3;1H/t17-,18-,19-,21+,22-,23-,24-,25+;/m0./s1. The normalized spacial score (nSPS) is 41.1. The van der Waals surface area contributed by atoms with Gasteiger partial charge in [0.1, 0.15) is 6.10 Å². The van der Waals surface area contributed by atoms with E-state index in [0.29, 0.717) is 12.0 Å². The number of ether oxygens (including phenoxy) is 2. The molecule has 3 saturated carbocycles. The molecule has 12 heteroatoms. The van der Waals surface area contributed by atoms with Crippen molar-refractivity contribution in [3.8, 4) is 0 Å². The van der Waals surface area contributed by atoms with Crippen LogP contribution in [-0.2, 0) is 28.7 Å². The van der Waals surface area contributed by atoms with Gasteiger partial charge in [-0.05, 0) is 50.7 Å². The molecule has 38 heavy (non-hydrogen) atoms. The van der Waals surface area contributed by atoms with Crippen LogP contribution in [0.25, 0.3) is 0 Å². The fourth-order valence-corrected chi connectivity index (χ4v) is 7.31. The maximum Gasteiger partial charge on any atom is 0.303 e. The number of carbonyl (C=O) groups excluding carboxylic acids is 4. The third-order valence-electron chi connectivity index (χ3n) is 8.98. The zero-order valence-electron chi connectivity index (χ0n) is 21.5. The summed E-state index contributed by atoms with van der Waals surface area (Å²) in [5, 5.41) is 23.1.